The van der Waals surface area contributed by atoms with Crippen LogP contribution in [0.5, 0.6) is 0 Å². The molecule has 0 amide bonds. The van der Waals surface area contributed by atoms with Crippen molar-refractivity contribution in [2.75, 3.05) is 20.3 Å². The highest BCUT2D eigenvalue weighted by atomic mass is 127. The molecule has 0 bridgehead atoms. The van der Waals surface area contributed by atoms with Gasteiger partial charge in [-0.3, -0.25) is 4.68 Å². The number of hydrogen-bond donors (Lipinski definition) is 0. The maximum atomic E-state index is 13.6. The van der Waals surface area contributed by atoms with Crippen molar-refractivity contribution in [3.05, 3.63) is 100 Å². The van der Waals surface area contributed by atoms with Gasteiger partial charge in [-0.2, -0.15) is 5.10 Å². The van der Waals surface area contributed by atoms with E-state index in [9.17, 15) is 4.79 Å². The van der Waals surface area contributed by atoms with Crippen LogP contribution < -0.4 is 10.4 Å². The van der Waals surface area contributed by atoms with Gasteiger partial charge >= 0.3 is 5.97 Å². The zero-order valence-electron chi connectivity index (χ0n) is 30.6. The fraction of sp³-hybridized carbons (Fsp3) is 0.415. The minimum Gasteiger partial charge on any atom is -0.464 e. The smallest absolute Gasteiger partial charge is 0.354 e. The van der Waals surface area contributed by atoms with E-state index in [2.05, 4.69) is 90.2 Å². The molecule has 3 heterocycles. The van der Waals surface area contributed by atoms with Crippen LogP contribution in [0.3, 0.4) is 0 Å². The lowest BCUT2D eigenvalue weighted by atomic mass is 9.98. The third-order valence-electron chi connectivity index (χ3n) is 10.2. The van der Waals surface area contributed by atoms with Gasteiger partial charge in [-0.15, -0.1) is 0 Å². The van der Waals surface area contributed by atoms with Gasteiger partial charge in [0.2, 0.25) is 0 Å². The molecule has 276 valence electrons. The number of fused-ring (bicyclic) bond motifs is 1. The maximum absolute atomic E-state index is 13.6. The molecule has 1 aliphatic heterocycles. The number of methoxy groups -OCH3 is 1. The molecule has 1 unspecified atom stereocenters. The molecule has 1 atom stereocenters. The number of aromatic nitrogens is 3. The number of carbonyl (C=O) groups excluding carboxylic acids is 1. The standard InChI is InChI=1S/C41H49ClIN3O5Si/c1-5-6-26-52(29-16-9-7-10-17-29,30-18-11-8-12-19-30)51-25-15-20-31-32-22-23-33(42)37(39(32)45(2)40(31)41(47)48-4)38-34(44-46(3)35(38)27-43)28-50-36-21-13-14-24-49-36/h7-12,16-19,22-23,36H,5-6,13-15,20-21,24-28H2,1-4H3. The Labute approximate surface area is 327 Å². The molecule has 2 aromatic heterocycles. The largest absolute Gasteiger partial charge is 0.464 e. The van der Waals surface area contributed by atoms with Gasteiger partial charge in [0, 0.05) is 48.2 Å². The number of rotatable bonds is 16. The fourth-order valence-electron chi connectivity index (χ4n) is 7.66. The number of esters is 1. The molecule has 0 N–H and O–H groups in total. The Morgan fingerprint density at radius 1 is 1.00 bits per heavy atom. The van der Waals surface area contributed by atoms with Gasteiger partial charge < -0.3 is 23.2 Å². The monoisotopic (exact) mass is 853 g/mol. The zero-order chi connectivity index (χ0) is 36.7. The highest BCUT2D eigenvalue weighted by molar-refractivity contribution is 14.1. The van der Waals surface area contributed by atoms with Crippen molar-refractivity contribution in [2.45, 2.75) is 75.2 Å². The van der Waals surface area contributed by atoms with E-state index in [0.717, 1.165) is 83.6 Å². The molecular weight excluding hydrogens is 805 g/mol. The number of nitrogens with zero attached hydrogens (tertiary/aromatic N) is 3. The average molecular weight is 854 g/mol. The summed E-state index contributed by atoms with van der Waals surface area (Å²) in [5.74, 6) is -0.379. The van der Waals surface area contributed by atoms with Crippen LogP contribution in [-0.2, 0) is 50.2 Å². The Hall–Kier alpha value is -3.00. The number of ether oxygens (including phenoxy) is 3. The number of aryl methyl sites for hydroxylation is 3. The maximum Gasteiger partial charge on any atom is 0.354 e. The molecule has 0 saturated carbocycles. The van der Waals surface area contributed by atoms with Crippen LogP contribution in [0.15, 0.2) is 72.8 Å². The third-order valence-corrected chi connectivity index (χ3v) is 15.6. The SMILES string of the molecule is CCCC[Si](OCCCc1c(C(=O)OC)n(C)c2c(-c3c(COC4CCCCO4)nn(C)c3CI)c(Cl)ccc12)(c1ccccc1)c1ccccc1. The summed E-state index contributed by atoms with van der Waals surface area (Å²) in [7, 11) is 2.78. The minimum atomic E-state index is -2.54. The summed E-state index contributed by atoms with van der Waals surface area (Å²) in [5, 5.41) is 9.04. The van der Waals surface area contributed by atoms with E-state index in [1.807, 2.05) is 35.5 Å². The summed E-state index contributed by atoms with van der Waals surface area (Å²) in [4.78, 5) is 13.6. The van der Waals surface area contributed by atoms with E-state index in [4.69, 9.17) is 35.3 Å². The number of unbranched alkanes of at least 4 members (excludes halogenated alkanes) is 1. The van der Waals surface area contributed by atoms with E-state index < -0.39 is 8.32 Å². The van der Waals surface area contributed by atoms with Crippen LogP contribution in [-0.4, -0.2) is 55.2 Å². The second-order valence-electron chi connectivity index (χ2n) is 13.4. The second kappa shape index (κ2) is 17.9. The van der Waals surface area contributed by atoms with Gasteiger partial charge in [-0.25, -0.2) is 4.79 Å². The molecular formula is C41H49ClIN3O5Si. The number of halogens is 2. The molecule has 1 aliphatic rings. The van der Waals surface area contributed by atoms with Crippen molar-refractivity contribution in [3.63, 3.8) is 0 Å². The quantitative estimate of drug-likeness (QED) is 0.0326. The molecule has 6 rings (SSSR count). The van der Waals surface area contributed by atoms with Crippen molar-refractivity contribution in [2.24, 2.45) is 14.1 Å². The summed E-state index contributed by atoms with van der Waals surface area (Å²) in [6, 6.07) is 26.5. The number of benzene rings is 3. The van der Waals surface area contributed by atoms with Crippen LogP contribution in [0.2, 0.25) is 11.1 Å². The molecule has 0 radical (unpaired) electrons. The molecule has 8 nitrogen and oxygen atoms in total. The van der Waals surface area contributed by atoms with E-state index in [1.165, 1.54) is 17.5 Å². The second-order valence-corrected chi connectivity index (χ2v) is 18.2. The van der Waals surface area contributed by atoms with Crippen molar-refractivity contribution in [1.82, 2.24) is 14.3 Å². The van der Waals surface area contributed by atoms with Gasteiger partial charge in [0.25, 0.3) is 8.32 Å². The van der Waals surface area contributed by atoms with E-state index in [-0.39, 0.29) is 12.3 Å². The van der Waals surface area contributed by atoms with Gasteiger partial charge in [0.15, 0.2) is 6.29 Å². The Bertz CT molecular complexity index is 1920. The molecule has 1 fully saturated rings. The van der Waals surface area contributed by atoms with Gasteiger partial charge in [0.05, 0.1) is 35.6 Å². The lowest BCUT2D eigenvalue weighted by Crippen LogP contribution is -2.60. The first-order valence-electron chi connectivity index (χ1n) is 18.3. The predicted molar refractivity (Wildman–Crippen MR) is 219 cm³/mol. The van der Waals surface area contributed by atoms with Crippen molar-refractivity contribution in [3.8, 4) is 11.1 Å². The predicted octanol–water partition coefficient (Wildman–Crippen LogP) is 8.51. The molecule has 52 heavy (non-hydrogen) atoms. The number of hydrogen-bond acceptors (Lipinski definition) is 6. The highest BCUT2D eigenvalue weighted by Crippen LogP contribution is 2.43. The Morgan fingerprint density at radius 3 is 2.33 bits per heavy atom. The minimum absolute atomic E-state index is 0.250. The van der Waals surface area contributed by atoms with Crippen molar-refractivity contribution >= 4 is 69.8 Å². The molecule has 0 aliphatic carbocycles. The van der Waals surface area contributed by atoms with Gasteiger partial charge in [0.1, 0.15) is 5.69 Å². The number of carbonyl (C=O) groups is 1. The van der Waals surface area contributed by atoms with E-state index in [0.29, 0.717) is 41.4 Å². The average Bonchev–Trinajstić information content (AvgIpc) is 3.65. The molecule has 5 aromatic rings. The van der Waals surface area contributed by atoms with Gasteiger partial charge in [-0.1, -0.05) is 121 Å². The molecule has 1 saturated heterocycles. The highest BCUT2D eigenvalue weighted by Gasteiger charge is 2.39. The lowest BCUT2D eigenvalue weighted by molar-refractivity contribution is -0.169. The first-order valence-corrected chi connectivity index (χ1v) is 22.3. The first-order chi connectivity index (χ1) is 25.3. The topological polar surface area (TPSA) is 76.7 Å². The normalized spacial score (nSPS) is 15.0. The Kier molecular flexibility index (Phi) is 13.3. The van der Waals surface area contributed by atoms with Crippen LogP contribution in [0.1, 0.15) is 72.9 Å². The van der Waals surface area contributed by atoms with E-state index in [1.54, 1.807) is 0 Å². The summed E-state index contributed by atoms with van der Waals surface area (Å²) >= 11 is 9.50. The fourth-order valence-corrected chi connectivity index (χ4v) is 13.0. The van der Waals surface area contributed by atoms with Crippen molar-refractivity contribution in [1.29, 1.82) is 0 Å². The lowest BCUT2D eigenvalue weighted by Gasteiger charge is -2.33. The van der Waals surface area contributed by atoms with Crippen LogP contribution in [0, 0.1) is 0 Å². The number of alkyl halides is 1. The van der Waals surface area contributed by atoms with Crippen molar-refractivity contribution < 1.29 is 23.4 Å². The summed E-state index contributed by atoms with van der Waals surface area (Å²) < 4.78 is 29.3. The Morgan fingerprint density at radius 2 is 1.71 bits per heavy atom. The molecule has 11 heteroatoms. The van der Waals surface area contributed by atoms with Crippen LogP contribution >= 0.6 is 34.2 Å². The van der Waals surface area contributed by atoms with Crippen LogP contribution in [0.4, 0.5) is 0 Å². The Balaban J connectivity index is 1.37. The zero-order valence-corrected chi connectivity index (χ0v) is 34.5. The summed E-state index contributed by atoms with van der Waals surface area (Å²) in [6.07, 6.45) is 6.29. The molecule has 3 aromatic carbocycles. The van der Waals surface area contributed by atoms with Gasteiger partial charge in [-0.05, 0) is 60.2 Å². The molecule has 0 spiro atoms. The van der Waals surface area contributed by atoms with Crippen LogP contribution in [0.25, 0.3) is 22.0 Å². The first kappa shape index (κ1) is 38.7. The third kappa shape index (κ3) is 7.93. The van der Waals surface area contributed by atoms with E-state index >= 15 is 0 Å². The summed E-state index contributed by atoms with van der Waals surface area (Å²) in [5.41, 5.74) is 5.93. The summed E-state index contributed by atoms with van der Waals surface area (Å²) in [6.45, 7) is 3.80.